The van der Waals surface area contributed by atoms with Crippen LogP contribution in [0.15, 0.2) is 12.1 Å². The summed E-state index contributed by atoms with van der Waals surface area (Å²) in [4.78, 5) is 23.0. The SMILES string of the molecule is COC(=O)C(C)Cc1c(OC)ccc(OC)c1NC(C)=O. The van der Waals surface area contributed by atoms with E-state index in [1.54, 1.807) is 19.1 Å². The average molecular weight is 295 g/mol. The number of nitrogens with one attached hydrogen (secondary N) is 1. The third kappa shape index (κ3) is 4.11. The second kappa shape index (κ2) is 7.52. The molecule has 0 aliphatic rings. The smallest absolute Gasteiger partial charge is 0.308 e. The van der Waals surface area contributed by atoms with Gasteiger partial charge in [-0.15, -0.1) is 0 Å². The number of anilines is 1. The number of carbonyl (C=O) groups excluding carboxylic acids is 2. The Morgan fingerprint density at radius 1 is 1.14 bits per heavy atom. The van der Waals surface area contributed by atoms with Crippen LogP contribution in [-0.2, 0) is 20.7 Å². The predicted octanol–water partition coefficient (Wildman–Crippen LogP) is 2.01. The van der Waals surface area contributed by atoms with Crippen LogP contribution >= 0.6 is 0 Å². The standard InChI is InChI=1S/C15H21NO5/c1-9(15(18)21-5)8-11-12(19-3)6-7-13(20-4)14(11)16-10(2)17/h6-7,9H,8H2,1-5H3,(H,16,17). The molecule has 0 heterocycles. The second-order valence-electron chi connectivity index (χ2n) is 4.63. The number of carbonyl (C=O) groups is 2. The molecular weight excluding hydrogens is 274 g/mol. The Labute approximate surface area is 124 Å². The lowest BCUT2D eigenvalue weighted by atomic mass is 9.98. The number of methoxy groups -OCH3 is 3. The summed E-state index contributed by atoms with van der Waals surface area (Å²) in [6, 6.07) is 3.44. The highest BCUT2D eigenvalue weighted by atomic mass is 16.5. The van der Waals surface area contributed by atoms with Crippen molar-refractivity contribution in [2.45, 2.75) is 20.3 Å². The van der Waals surface area contributed by atoms with Crippen LogP contribution in [0.1, 0.15) is 19.4 Å². The van der Waals surface area contributed by atoms with Gasteiger partial charge in [0.25, 0.3) is 0 Å². The zero-order valence-corrected chi connectivity index (χ0v) is 13.0. The maximum absolute atomic E-state index is 11.6. The third-order valence-corrected chi connectivity index (χ3v) is 3.09. The first kappa shape index (κ1) is 16.8. The van der Waals surface area contributed by atoms with E-state index in [1.165, 1.54) is 28.3 Å². The van der Waals surface area contributed by atoms with Crippen molar-refractivity contribution in [2.24, 2.45) is 5.92 Å². The molecule has 0 fully saturated rings. The molecular formula is C15H21NO5. The molecule has 0 spiro atoms. The van der Waals surface area contributed by atoms with Crippen molar-refractivity contribution in [3.05, 3.63) is 17.7 Å². The summed E-state index contributed by atoms with van der Waals surface area (Å²) in [6.07, 6.45) is 0.364. The maximum atomic E-state index is 11.6. The average Bonchev–Trinajstić information content (AvgIpc) is 2.47. The van der Waals surface area contributed by atoms with Gasteiger partial charge in [0.15, 0.2) is 0 Å². The second-order valence-corrected chi connectivity index (χ2v) is 4.63. The van der Waals surface area contributed by atoms with Crippen LogP contribution in [0.4, 0.5) is 5.69 Å². The van der Waals surface area contributed by atoms with Crippen LogP contribution in [0.3, 0.4) is 0 Å². The zero-order chi connectivity index (χ0) is 16.0. The normalized spacial score (nSPS) is 11.5. The molecule has 21 heavy (non-hydrogen) atoms. The van der Waals surface area contributed by atoms with Crippen molar-refractivity contribution in [3.8, 4) is 11.5 Å². The van der Waals surface area contributed by atoms with Crippen LogP contribution in [0.5, 0.6) is 11.5 Å². The monoisotopic (exact) mass is 295 g/mol. The van der Waals surface area contributed by atoms with Crippen LogP contribution in [0, 0.1) is 5.92 Å². The molecule has 0 bridgehead atoms. The summed E-state index contributed by atoms with van der Waals surface area (Å²) < 4.78 is 15.3. The lowest BCUT2D eigenvalue weighted by molar-refractivity contribution is -0.144. The molecule has 1 aromatic carbocycles. The number of rotatable bonds is 6. The molecule has 0 aliphatic heterocycles. The fourth-order valence-electron chi connectivity index (χ4n) is 2.07. The van der Waals surface area contributed by atoms with Gasteiger partial charge in [0.05, 0.1) is 32.9 Å². The molecule has 1 unspecified atom stereocenters. The van der Waals surface area contributed by atoms with Crippen molar-refractivity contribution in [1.82, 2.24) is 0 Å². The van der Waals surface area contributed by atoms with Gasteiger partial charge in [-0.2, -0.15) is 0 Å². The van der Waals surface area contributed by atoms with Gasteiger partial charge in [0, 0.05) is 12.5 Å². The van der Waals surface area contributed by atoms with Crippen LogP contribution in [-0.4, -0.2) is 33.2 Å². The number of esters is 1. The van der Waals surface area contributed by atoms with E-state index >= 15 is 0 Å². The van der Waals surface area contributed by atoms with E-state index < -0.39 is 0 Å². The minimum atomic E-state index is -0.372. The Balaban J connectivity index is 3.29. The lowest BCUT2D eigenvalue weighted by Gasteiger charge is -2.19. The number of hydrogen-bond donors (Lipinski definition) is 1. The summed E-state index contributed by atoms with van der Waals surface area (Å²) in [5.74, 6) is 0.166. The number of hydrogen-bond acceptors (Lipinski definition) is 5. The van der Waals surface area contributed by atoms with E-state index in [-0.39, 0.29) is 17.8 Å². The number of benzene rings is 1. The largest absolute Gasteiger partial charge is 0.496 e. The maximum Gasteiger partial charge on any atom is 0.308 e. The van der Waals surface area contributed by atoms with Gasteiger partial charge in [-0.3, -0.25) is 9.59 Å². The molecule has 0 radical (unpaired) electrons. The molecule has 1 N–H and O–H groups in total. The van der Waals surface area contributed by atoms with Crippen LogP contribution in [0.25, 0.3) is 0 Å². The Kier molecular flexibility index (Phi) is 6.02. The third-order valence-electron chi connectivity index (χ3n) is 3.09. The Bertz CT molecular complexity index is 527. The Hall–Kier alpha value is -2.24. The fourth-order valence-corrected chi connectivity index (χ4v) is 2.07. The topological polar surface area (TPSA) is 73.9 Å². The van der Waals surface area contributed by atoms with E-state index in [4.69, 9.17) is 14.2 Å². The van der Waals surface area contributed by atoms with Gasteiger partial charge in [0.1, 0.15) is 11.5 Å². The molecule has 0 aliphatic carbocycles. The Morgan fingerprint density at radius 3 is 2.19 bits per heavy atom. The van der Waals surface area contributed by atoms with E-state index in [0.717, 1.165) is 0 Å². The molecule has 0 aromatic heterocycles. The first-order valence-electron chi connectivity index (χ1n) is 6.53. The molecule has 0 saturated heterocycles. The zero-order valence-electron chi connectivity index (χ0n) is 13.0. The molecule has 1 rings (SSSR count). The first-order chi connectivity index (χ1) is 9.94. The highest BCUT2D eigenvalue weighted by Crippen LogP contribution is 2.37. The van der Waals surface area contributed by atoms with E-state index in [2.05, 4.69) is 5.32 Å². The Morgan fingerprint density at radius 2 is 1.71 bits per heavy atom. The minimum absolute atomic E-state index is 0.228. The van der Waals surface area contributed by atoms with Crippen molar-refractivity contribution >= 4 is 17.6 Å². The quantitative estimate of drug-likeness (QED) is 0.813. The van der Waals surface area contributed by atoms with Crippen molar-refractivity contribution in [2.75, 3.05) is 26.6 Å². The summed E-state index contributed by atoms with van der Waals surface area (Å²) in [5.41, 5.74) is 1.21. The van der Waals surface area contributed by atoms with Crippen molar-refractivity contribution in [1.29, 1.82) is 0 Å². The van der Waals surface area contributed by atoms with E-state index in [1.807, 2.05) is 0 Å². The number of amides is 1. The van der Waals surface area contributed by atoms with Crippen LogP contribution < -0.4 is 14.8 Å². The van der Waals surface area contributed by atoms with Gasteiger partial charge in [-0.25, -0.2) is 0 Å². The van der Waals surface area contributed by atoms with Gasteiger partial charge in [-0.05, 0) is 18.6 Å². The molecule has 1 aromatic rings. The highest BCUT2D eigenvalue weighted by molar-refractivity contribution is 5.92. The minimum Gasteiger partial charge on any atom is -0.496 e. The summed E-state index contributed by atoms with van der Waals surface area (Å²) in [5, 5.41) is 2.73. The number of ether oxygens (including phenoxy) is 3. The highest BCUT2D eigenvalue weighted by Gasteiger charge is 2.22. The van der Waals surface area contributed by atoms with Gasteiger partial charge >= 0.3 is 5.97 Å². The van der Waals surface area contributed by atoms with Gasteiger partial charge < -0.3 is 19.5 Å². The molecule has 6 nitrogen and oxygen atoms in total. The lowest BCUT2D eigenvalue weighted by Crippen LogP contribution is -2.18. The first-order valence-corrected chi connectivity index (χ1v) is 6.53. The van der Waals surface area contributed by atoms with Crippen molar-refractivity contribution in [3.63, 3.8) is 0 Å². The van der Waals surface area contributed by atoms with Gasteiger partial charge in [-0.1, -0.05) is 6.92 Å². The molecule has 1 amide bonds. The molecule has 1 atom stereocenters. The molecule has 0 saturated carbocycles. The summed E-state index contributed by atoms with van der Waals surface area (Å²) >= 11 is 0. The van der Waals surface area contributed by atoms with Crippen molar-refractivity contribution < 1.29 is 23.8 Å². The fraction of sp³-hybridized carbons (Fsp3) is 0.467. The summed E-state index contributed by atoms with van der Waals surface area (Å²) in [6.45, 7) is 3.16. The van der Waals surface area contributed by atoms with Crippen LogP contribution in [0.2, 0.25) is 0 Å². The molecule has 116 valence electrons. The predicted molar refractivity (Wildman–Crippen MR) is 78.7 cm³/mol. The van der Waals surface area contributed by atoms with Gasteiger partial charge in [0.2, 0.25) is 5.91 Å². The molecule has 6 heteroatoms. The summed E-state index contributed by atoms with van der Waals surface area (Å²) in [7, 11) is 4.39. The van der Waals surface area contributed by atoms with E-state index in [9.17, 15) is 9.59 Å². The van der Waals surface area contributed by atoms with E-state index in [0.29, 0.717) is 29.2 Å².